The Balaban J connectivity index is 1.74. The number of hydrogen-bond acceptors (Lipinski definition) is 4. The maximum Gasteiger partial charge on any atom is 0.269 e. The fourth-order valence-corrected chi connectivity index (χ4v) is 2.42. The van der Waals surface area contributed by atoms with Crippen molar-refractivity contribution in [1.29, 1.82) is 0 Å². The minimum atomic E-state index is -0.508. The van der Waals surface area contributed by atoms with Crippen LogP contribution in [0.15, 0.2) is 42.5 Å². The molecule has 0 saturated carbocycles. The van der Waals surface area contributed by atoms with E-state index in [2.05, 4.69) is 16.2 Å². The van der Waals surface area contributed by atoms with Crippen LogP contribution in [0.4, 0.5) is 0 Å². The molecule has 1 heterocycles. The first-order valence-corrected chi connectivity index (χ1v) is 7.37. The number of aryl methyl sites for hydroxylation is 1. The molecule has 3 amide bonds. The van der Waals surface area contributed by atoms with Crippen LogP contribution >= 0.6 is 11.3 Å². The van der Waals surface area contributed by atoms with E-state index >= 15 is 0 Å². The molecular formula is C15H15N3O3S. The third-order valence-corrected chi connectivity index (χ3v) is 3.72. The largest absolute Gasteiger partial charge is 0.342 e. The Hall–Kier alpha value is -2.67. The van der Waals surface area contributed by atoms with E-state index in [1.54, 1.807) is 36.4 Å². The van der Waals surface area contributed by atoms with E-state index in [1.807, 2.05) is 13.0 Å². The minimum Gasteiger partial charge on any atom is -0.342 e. The number of thiophene rings is 1. The molecule has 3 N–H and O–H groups in total. The molecule has 0 aliphatic heterocycles. The van der Waals surface area contributed by atoms with Crippen LogP contribution in [0, 0.1) is 6.92 Å². The quantitative estimate of drug-likeness (QED) is 0.742. The SMILES string of the molecule is Cc1ccc(C(=O)NCC(=O)NNC(=O)c2ccccc2)s1. The van der Waals surface area contributed by atoms with Gasteiger partial charge in [-0.25, -0.2) is 0 Å². The van der Waals surface area contributed by atoms with Gasteiger partial charge in [-0.1, -0.05) is 18.2 Å². The number of nitrogens with one attached hydrogen (secondary N) is 3. The zero-order valence-corrected chi connectivity index (χ0v) is 12.7. The second-order valence-corrected chi connectivity index (χ2v) is 5.75. The number of hydrogen-bond donors (Lipinski definition) is 3. The van der Waals surface area contributed by atoms with Crippen LogP contribution in [0.3, 0.4) is 0 Å². The second kappa shape index (κ2) is 7.37. The number of carbonyl (C=O) groups is 3. The predicted molar refractivity (Wildman–Crippen MR) is 83.4 cm³/mol. The average molecular weight is 317 g/mol. The maximum absolute atomic E-state index is 11.8. The summed E-state index contributed by atoms with van der Waals surface area (Å²) in [6.07, 6.45) is 0. The maximum atomic E-state index is 11.8. The van der Waals surface area contributed by atoms with Gasteiger partial charge in [0.2, 0.25) is 0 Å². The van der Waals surface area contributed by atoms with Gasteiger partial charge >= 0.3 is 0 Å². The fraction of sp³-hybridized carbons (Fsp3) is 0.133. The molecule has 2 aromatic rings. The molecule has 0 saturated heterocycles. The van der Waals surface area contributed by atoms with Crippen molar-refractivity contribution >= 4 is 29.1 Å². The summed E-state index contributed by atoms with van der Waals surface area (Å²) in [4.78, 5) is 36.6. The highest BCUT2D eigenvalue weighted by molar-refractivity contribution is 7.13. The van der Waals surface area contributed by atoms with Crippen molar-refractivity contribution in [1.82, 2.24) is 16.2 Å². The van der Waals surface area contributed by atoms with Gasteiger partial charge < -0.3 is 5.32 Å². The zero-order chi connectivity index (χ0) is 15.9. The number of amides is 3. The summed E-state index contributed by atoms with van der Waals surface area (Å²) < 4.78 is 0. The molecule has 0 fully saturated rings. The first kappa shape index (κ1) is 15.7. The molecule has 114 valence electrons. The van der Waals surface area contributed by atoms with Crippen molar-refractivity contribution in [2.45, 2.75) is 6.92 Å². The average Bonchev–Trinajstić information content (AvgIpc) is 2.97. The zero-order valence-electron chi connectivity index (χ0n) is 11.9. The smallest absolute Gasteiger partial charge is 0.269 e. The van der Waals surface area contributed by atoms with Crippen molar-refractivity contribution in [3.63, 3.8) is 0 Å². The molecule has 6 nitrogen and oxygen atoms in total. The highest BCUT2D eigenvalue weighted by Gasteiger charge is 2.10. The minimum absolute atomic E-state index is 0.217. The van der Waals surface area contributed by atoms with Crippen LogP contribution in [0.1, 0.15) is 24.9 Å². The standard InChI is InChI=1S/C15H15N3O3S/c1-10-7-8-12(22-10)15(21)16-9-13(19)17-18-14(20)11-5-3-2-4-6-11/h2-8H,9H2,1H3,(H,16,21)(H,17,19)(H,18,20). The highest BCUT2D eigenvalue weighted by atomic mass is 32.1. The molecule has 2 rings (SSSR count). The molecule has 0 aliphatic rings. The molecule has 0 radical (unpaired) electrons. The Morgan fingerprint density at radius 2 is 1.68 bits per heavy atom. The molecule has 22 heavy (non-hydrogen) atoms. The Morgan fingerprint density at radius 1 is 0.955 bits per heavy atom. The van der Waals surface area contributed by atoms with Gasteiger partial charge in [0.1, 0.15) is 0 Å². The van der Waals surface area contributed by atoms with Crippen LogP contribution in [0.25, 0.3) is 0 Å². The van der Waals surface area contributed by atoms with Crippen molar-refractivity contribution in [3.8, 4) is 0 Å². The van der Waals surface area contributed by atoms with E-state index in [9.17, 15) is 14.4 Å². The van der Waals surface area contributed by atoms with E-state index in [-0.39, 0.29) is 12.5 Å². The second-order valence-electron chi connectivity index (χ2n) is 4.46. The summed E-state index contributed by atoms with van der Waals surface area (Å²) in [5, 5.41) is 2.48. The van der Waals surface area contributed by atoms with E-state index in [1.165, 1.54) is 11.3 Å². The molecule has 0 aliphatic carbocycles. The fourth-order valence-electron chi connectivity index (χ4n) is 1.64. The third-order valence-electron chi connectivity index (χ3n) is 2.73. The van der Waals surface area contributed by atoms with Gasteiger partial charge in [-0.05, 0) is 31.2 Å². The van der Waals surface area contributed by atoms with E-state index < -0.39 is 11.8 Å². The molecule has 1 aromatic heterocycles. The number of rotatable bonds is 4. The van der Waals surface area contributed by atoms with Crippen LogP contribution in [0.2, 0.25) is 0 Å². The molecule has 1 aromatic carbocycles. The van der Waals surface area contributed by atoms with Crippen LogP contribution in [-0.2, 0) is 4.79 Å². The monoisotopic (exact) mass is 317 g/mol. The van der Waals surface area contributed by atoms with E-state index in [0.29, 0.717) is 10.4 Å². The van der Waals surface area contributed by atoms with Crippen LogP contribution < -0.4 is 16.2 Å². The van der Waals surface area contributed by atoms with Gasteiger partial charge in [-0.2, -0.15) is 0 Å². The van der Waals surface area contributed by atoms with Gasteiger partial charge in [0, 0.05) is 10.4 Å². The normalized spacial score (nSPS) is 9.86. The summed E-state index contributed by atoms with van der Waals surface area (Å²) in [5.74, 6) is -1.25. The predicted octanol–water partition coefficient (Wildman–Crippen LogP) is 1.25. The number of benzene rings is 1. The van der Waals surface area contributed by atoms with Gasteiger partial charge in [-0.3, -0.25) is 25.2 Å². The van der Waals surface area contributed by atoms with Crippen LogP contribution in [-0.4, -0.2) is 24.3 Å². The summed E-state index contributed by atoms with van der Waals surface area (Å²) in [7, 11) is 0. The van der Waals surface area contributed by atoms with E-state index in [0.717, 1.165) is 4.88 Å². The van der Waals surface area contributed by atoms with Gasteiger partial charge in [0.15, 0.2) is 0 Å². The Morgan fingerprint density at radius 3 is 2.32 bits per heavy atom. The molecular weight excluding hydrogens is 302 g/mol. The van der Waals surface area contributed by atoms with Crippen LogP contribution in [0.5, 0.6) is 0 Å². The first-order chi connectivity index (χ1) is 10.6. The van der Waals surface area contributed by atoms with Gasteiger partial charge in [0.05, 0.1) is 11.4 Å². The van der Waals surface area contributed by atoms with Crippen molar-refractivity contribution < 1.29 is 14.4 Å². The topological polar surface area (TPSA) is 87.3 Å². The van der Waals surface area contributed by atoms with Crippen molar-refractivity contribution in [2.24, 2.45) is 0 Å². The lowest BCUT2D eigenvalue weighted by Gasteiger charge is -2.08. The Bertz CT molecular complexity index is 682. The summed E-state index contributed by atoms with van der Waals surface area (Å²) in [5.41, 5.74) is 4.95. The Kier molecular flexibility index (Phi) is 5.26. The third kappa shape index (κ3) is 4.42. The van der Waals surface area contributed by atoms with Crippen molar-refractivity contribution in [3.05, 3.63) is 57.8 Å². The van der Waals surface area contributed by atoms with E-state index in [4.69, 9.17) is 0 Å². The lowest BCUT2D eigenvalue weighted by atomic mass is 10.2. The lowest BCUT2D eigenvalue weighted by Crippen LogP contribution is -2.46. The molecule has 7 heteroatoms. The summed E-state index contributed by atoms with van der Waals surface area (Å²) >= 11 is 1.35. The molecule has 0 unspecified atom stereocenters. The number of hydrazine groups is 1. The summed E-state index contributed by atoms with van der Waals surface area (Å²) in [6, 6.07) is 12.0. The van der Waals surface area contributed by atoms with Gasteiger partial charge in [-0.15, -0.1) is 11.3 Å². The first-order valence-electron chi connectivity index (χ1n) is 6.55. The molecule has 0 atom stereocenters. The molecule has 0 bridgehead atoms. The molecule has 0 spiro atoms. The number of carbonyl (C=O) groups excluding carboxylic acids is 3. The van der Waals surface area contributed by atoms with Gasteiger partial charge in [0.25, 0.3) is 17.7 Å². The van der Waals surface area contributed by atoms with Crippen molar-refractivity contribution in [2.75, 3.05) is 6.54 Å². The highest BCUT2D eigenvalue weighted by Crippen LogP contribution is 2.14. The summed E-state index contributed by atoms with van der Waals surface area (Å²) in [6.45, 7) is 1.68. The lowest BCUT2D eigenvalue weighted by molar-refractivity contribution is -0.120. The Labute approximate surface area is 131 Å².